The zero-order valence-corrected chi connectivity index (χ0v) is 8.51. The number of hydrogen-bond acceptors (Lipinski definition) is 4. The van der Waals surface area contributed by atoms with Crippen molar-refractivity contribution in [3.8, 4) is 0 Å². The number of carbonyl (C=O) groups is 1. The highest BCUT2D eigenvalue weighted by Crippen LogP contribution is 2.04. The first-order valence-corrected chi connectivity index (χ1v) is 4.05. The second-order valence-electron chi connectivity index (χ2n) is 3.95. The molecule has 0 saturated carbocycles. The number of hydrogen-bond donors (Lipinski definition) is 0. The molecule has 0 aliphatic rings. The van der Waals surface area contributed by atoms with Crippen molar-refractivity contribution >= 4 is 5.97 Å². The van der Waals surface area contributed by atoms with Crippen LogP contribution in [0.5, 0.6) is 0 Å². The van der Waals surface area contributed by atoms with Gasteiger partial charge in [-0.05, 0) is 5.53 Å². The van der Waals surface area contributed by atoms with E-state index in [0.717, 1.165) is 0 Å². The number of nitrogens with zero attached hydrogens (tertiary/aromatic N) is 4. The van der Waals surface area contributed by atoms with Crippen molar-refractivity contribution in [2.75, 3.05) is 27.7 Å². The molecule has 0 aliphatic heterocycles. The van der Waals surface area contributed by atoms with Crippen LogP contribution < -0.4 is 5.11 Å². The molecule has 0 saturated heterocycles. The maximum atomic E-state index is 10.3. The standard InChI is InChI=1S/C7H14N4O3/c1-11(2,3)5-6(4-7(12)13)14-10-9-8/h6H,4-5H2,1-3H3/t6-/m1/s1. The Morgan fingerprint density at radius 3 is 2.57 bits per heavy atom. The lowest BCUT2D eigenvalue weighted by atomic mass is 10.2. The van der Waals surface area contributed by atoms with Gasteiger partial charge in [0.2, 0.25) is 0 Å². The molecule has 0 bridgehead atoms. The number of quaternary nitrogens is 1. The third-order valence-electron chi connectivity index (χ3n) is 1.38. The van der Waals surface area contributed by atoms with Gasteiger partial charge in [-0.1, -0.05) is 0 Å². The quantitative estimate of drug-likeness (QED) is 0.190. The summed E-state index contributed by atoms with van der Waals surface area (Å²) in [5.41, 5.74) is 8.01. The van der Waals surface area contributed by atoms with E-state index in [0.29, 0.717) is 11.0 Å². The van der Waals surface area contributed by atoms with Gasteiger partial charge >= 0.3 is 0 Å². The maximum absolute atomic E-state index is 10.3. The maximum Gasteiger partial charge on any atom is 0.161 e. The van der Waals surface area contributed by atoms with Gasteiger partial charge in [-0.25, -0.2) is 0 Å². The highest BCUT2D eigenvalue weighted by molar-refractivity contribution is 5.64. The van der Waals surface area contributed by atoms with E-state index >= 15 is 0 Å². The van der Waals surface area contributed by atoms with E-state index in [-0.39, 0.29) is 6.42 Å². The van der Waals surface area contributed by atoms with Crippen LogP contribution in [0.15, 0.2) is 5.28 Å². The smallest absolute Gasteiger partial charge is 0.161 e. The second-order valence-corrected chi connectivity index (χ2v) is 3.95. The molecule has 1 atom stereocenters. The largest absolute Gasteiger partial charge is 0.550 e. The van der Waals surface area contributed by atoms with E-state index in [1.54, 1.807) is 0 Å². The third kappa shape index (κ3) is 7.20. The predicted octanol–water partition coefficient (Wildman–Crippen LogP) is -0.557. The summed E-state index contributed by atoms with van der Waals surface area (Å²) in [5, 5.41) is 13.2. The van der Waals surface area contributed by atoms with Crippen molar-refractivity contribution in [3.63, 3.8) is 0 Å². The molecule has 14 heavy (non-hydrogen) atoms. The Balaban J connectivity index is 4.24. The van der Waals surface area contributed by atoms with Crippen LogP contribution in [0.1, 0.15) is 6.42 Å². The minimum atomic E-state index is -1.23. The van der Waals surface area contributed by atoms with Crippen molar-refractivity contribution in [2.24, 2.45) is 5.28 Å². The van der Waals surface area contributed by atoms with E-state index < -0.39 is 12.1 Å². The van der Waals surface area contributed by atoms with Gasteiger partial charge in [-0.15, -0.1) is 0 Å². The van der Waals surface area contributed by atoms with Gasteiger partial charge in [-0.2, -0.15) is 0 Å². The lowest BCUT2D eigenvalue weighted by Gasteiger charge is -2.28. The Morgan fingerprint density at radius 2 is 2.21 bits per heavy atom. The van der Waals surface area contributed by atoms with Crippen molar-refractivity contribution in [3.05, 3.63) is 10.4 Å². The number of azide groups is 1. The van der Waals surface area contributed by atoms with Crippen LogP contribution in [0.3, 0.4) is 0 Å². The summed E-state index contributed by atoms with van der Waals surface area (Å²) < 4.78 is 0.513. The minimum absolute atomic E-state index is 0.283. The Hall–Kier alpha value is -1.46. The molecular weight excluding hydrogens is 188 g/mol. The van der Waals surface area contributed by atoms with Gasteiger partial charge in [0.15, 0.2) is 6.10 Å². The molecule has 0 aromatic carbocycles. The molecule has 0 heterocycles. The van der Waals surface area contributed by atoms with Crippen LogP contribution in [0.4, 0.5) is 0 Å². The zero-order chi connectivity index (χ0) is 11.2. The minimum Gasteiger partial charge on any atom is -0.550 e. The van der Waals surface area contributed by atoms with Crippen LogP contribution in [0.2, 0.25) is 0 Å². The van der Waals surface area contributed by atoms with Crippen molar-refractivity contribution < 1.29 is 19.2 Å². The van der Waals surface area contributed by atoms with Gasteiger partial charge in [0.05, 0.1) is 21.1 Å². The first kappa shape index (κ1) is 12.5. The lowest BCUT2D eigenvalue weighted by Crippen LogP contribution is -2.44. The Kier molecular flexibility index (Phi) is 4.76. The predicted molar refractivity (Wildman–Crippen MR) is 46.5 cm³/mol. The van der Waals surface area contributed by atoms with Crippen LogP contribution in [-0.4, -0.2) is 44.2 Å². The summed E-state index contributed by atoms with van der Waals surface area (Å²) in [6.45, 7) is 0.424. The molecule has 0 rings (SSSR count). The highest BCUT2D eigenvalue weighted by Gasteiger charge is 2.19. The zero-order valence-electron chi connectivity index (χ0n) is 8.51. The van der Waals surface area contributed by atoms with E-state index in [9.17, 15) is 9.90 Å². The van der Waals surface area contributed by atoms with Crippen LogP contribution in [-0.2, 0) is 9.63 Å². The fraction of sp³-hybridized carbons (Fsp3) is 0.857. The number of rotatable bonds is 6. The monoisotopic (exact) mass is 202 g/mol. The Labute approximate surface area is 82.1 Å². The lowest BCUT2D eigenvalue weighted by molar-refractivity contribution is -0.873. The molecule has 0 fully saturated rings. The molecule has 0 aromatic heterocycles. The SMILES string of the molecule is C[N+](C)(C)C[C@@H](CC(=O)[O-])ON=[N+]=[N-]. The first-order valence-electron chi connectivity index (χ1n) is 4.05. The van der Waals surface area contributed by atoms with Crippen LogP contribution in [0, 0.1) is 0 Å². The topological polar surface area (TPSA) is 98.1 Å². The molecule has 0 spiro atoms. The summed E-state index contributed by atoms with van der Waals surface area (Å²) in [6.07, 6.45) is -0.940. The van der Waals surface area contributed by atoms with E-state index in [2.05, 4.69) is 15.0 Å². The summed E-state index contributed by atoms with van der Waals surface area (Å²) >= 11 is 0. The average Bonchev–Trinajstić information content (AvgIpc) is 1.96. The average molecular weight is 202 g/mol. The summed E-state index contributed by atoms with van der Waals surface area (Å²) in [6, 6.07) is 0. The van der Waals surface area contributed by atoms with E-state index in [1.807, 2.05) is 21.1 Å². The van der Waals surface area contributed by atoms with Crippen LogP contribution in [0.25, 0.3) is 10.4 Å². The summed E-state index contributed by atoms with van der Waals surface area (Å²) in [4.78, 5) is 17.4. The molecule has 0 aromatic rings. The Bertz CT molecular complexity index is 238. The summed E-state index contributed by atoms with van der Waals surface area (Å²) in [7, 11) is 5.63. The molecule has 0 aliphatic carbocycles. The molecule has 80 valence electrons. The fourth-order valence-electron chi connectivity index (χ4n) is 1.02. The van der Waals surface area contributed by atoms with Gasteiger partial charge < -0.3 is 19.2 Å². The number of carbonyl (C=O) groups excluding carboxylic acids is 1. The molecule has 0 N–H and O–H groups in total. The normalized spacial score (nSPS) is 12.8. The van der Waals surface area contributed by atoms with Gasteiger partial charge in [0.25, 0.3) is 0 Å². The second kappa shape index (κ2) is 5.31. The van der Waals surface area contributed by atoms with E-state index in [4.69, 9.17) is 5.53 Å². The molecule has 7 heteroatoms. The summed E-state index contributed by atoms with van der Waals surface area (Å²) in [5.74, 6) is -1.23. The molecule has 0 radical (unpaired) electrons. The fourth-order valence-corrected chi connectivity index (χ4v) is 1.02. The molecular formula is C7H14N4O3. The number of aliphatic carboxylic acids is 1. The van der Waals surface area contributed by atoms with Gasteiger partial charge in [0, 0.05) is 17.3 Å². The molecule has 7 nitrogen and oxygen atoms in total. The van der Waals surface area contributed by atoms with Gasteiger partial charge in [0.1, 0.15) is 11.8 Å². The van der Waals surface area contributed by atoms with Crippen molar-refractivity contribution in [2.45, 2.75) is 12.5 Å². The Morgan fingerprint density at radius 1 is 1.64 bits per heavy atom. The molecule has 0 amide bonds. The van der Waals surface area contributed by atoms with Crippen molar-refractivity contribution in [1.82, 2.24) is 0 Å². The number of carboxylic acid groups (broad SMARTS) is 1. The molecule has 0 unspecified atom stereocenters. The number of likely N-dealkylation sites (N-methyl/N-ethyl adjacent to an activating group) is 1. The van der Waals surface area contributed by atoms with Crippen LogP contribution >= 0.6 is 0 Å². The highest BCUT2D eigenvalue weighted by atomic mass is 16.7. The number of carboxylic acids is 1. The first-order chi connectivity index (χ1) is 6.35. The van der Waals surface area contributed by atoms with E-state index in [1.165, 1.54) is 0 Å². The van der Waals surface area contributed by atoms with Crippen molar-refractivity contribution in [1.29, 1.82) is 0 Å². The van der Waals surface area contributed by atoms with Gasteiger partial charge in [-0.3, -0.25) is 0 Å². The third-order valence-corrected chi connectivity index (χ3v) is 1.38.